The molecule has 0 aliphatic carbocycles. The van der Waals surface area contributed by atoms with Crippen molar-refractivity contribution in [2.45, 2.75) is 13.8 Å². The number of rotatable bonds is 4. The van der Waals surface area contributed by atoms with Gasteiger partial charge in [-0.25, -0.2) is 4.68 Å². The Kier molecular flexibility index (Phi) is 4.71. The van der Waals surface area contributed by atoms with Gasteiger partial charge >= 0.3 is 0 Å². The van der Waals surface area contributed by atoms with Crippen molar-refractivity contribution in [2.24, 2.45) is 10.2 Å². The summed E-state index contributed by atoms with van der Waals surface area (Å²) in [5, 5.41) is 23.9. The topological polar surface area (TPSA) is 85.7 Å². The molecule has 0 bridgehead atoms. The van der Waals surface area contributed by atoms with E-state index in [-0.39, 0.29) is 5.69 Å². The number of hydrogen-bond donors (Lipinski definition) is 0. The van der Waals surface area contributed by atoms with Crippen LogP contribution < -0.4 is 0 Å². The van der Waals surface area contributed by atoms with Crippen molar-refractivity contribution in [1.82, 2.24) is 9.78 Å². The largest absolute Gasteiger partial charge is 0.271 e. The Bertz CT molecular complexity index is 964. The van der Waals surface area contributed by atoms with Crippen LogP contribution in [-0.4, -0.2) is 14.7 Å². The molecule has 0 fully saturated rings. The molecule has 1 aromatic heterocycles. The zero-order chi connectivity index (χ0) is 18.0. The highest BCUT2D eigenvalue weighted by Crippen LogP contribution is 2.29. The summed E-state index contributed by atoms with van der Waals surface area (Å²) in [7, 11) is 0. The van der Waals surface area contributed by atoms with Crippen LogP contribution >= 0.6 is 15.9 Å². The van der Waals surface area contributed by atoms with Gasteiger partial charge in [-0.1, -0.05) is 22.0 Å². The number of aromatic nitrogens is 2. The molecule has 0 spiro atoms. The summed E-state index contributed by atoms with van der Waals surface area (Å²) in [5.41, 5.74) is 3.46. The first-order chi connectivity index (χ1) is 12.0. The maximum absolute atomic E-state index is 11.0. The molecule has 25 heavy (non-hydrogen) atoms. The van der Waals surface area contributed by atoms with Crippen molar-refractivity contribution in [3.8, 4) is 5.69 Å². The second-order valence-electron chi connectivity index (χ2n) is 5.38. The lowest BCUT2D eigenvalue weighted by atomic mass is 10.2. The molecule has 3 aromatic rings. The summed E-state index contributed by atoms with van der Waals surface area (Å²) in [6, 6.07) is 13.8. The lowest BCUT2D eigenvalue weighted by molar-refractivity contribution is -0.384. The number of nitrogens with zero attached hydrogens (tertiary/aromatic N) is 5. The van der Waals surface area contributed by atoms with Gasteiger partial charge in [0.15, 0.2) is 0 Å². The van der Waals surface area contributed by atoms with E-state index in [4.69, 9.17) is 0 Å². The summed E-state index contributed by atoms with van der Waals surface area (Å²) >= 11 is 3.38. The molecule has 0 saturated carbocycles. The molecule has 0 radical (unpaired) electrons. The number of non-ortho nitro benzene ring substituents is 1. The van der Waals surface area contributed by atoms with Crippen molar-refractivity contribution in [3.63, 3.8) is 0 Å². The Balaban J connectivity index is 1.97. The molecule has 3 rings (SSSR count). The summed E-state index contributed by atoms with van der Waals surface area (Å²) < 4.78 is 2.61. The van der Waals surface area contributed by atoms with Crippen molar-refractivity contribution in [2.75, 3.05) is 0 Å². The van der Waals surface area contributed by atoms with E-state index < -0.39 is 4.92 Å². The van der Waals surface area contributed by atoms with Crippen molar-refractivity contribution in [3.05, 3.63) is 74.5 Å². The van der Waals surface area contributed by atoms with Crippen LogP contribution in [0.5, 0.6) is 0 Å². The molecule has 8 heteroatoms. The van der Waals surface area contributed by atoms with E-state index in [2.05, 4.69) is 31.3 Å². The quantitative estimate of drug-likeness (QED) is 0.326. The third kappa shape index (κ3) is 3.63. The fourth-order valence-corrected chi connectivity index (χ4v) is 2.65. The smallest absolute Gasteiger partial charge is 0.258 e. The van der Waals surface area contributed by atoms with Crippen molar-refractivity contribution >= 4 is 33.0 Å². The van der Waals surface area contributed by atoms with Crippen LogP contribution in [0.2, 0.25) is 0 Å². The lowest BCUT2D eigenvalue weighted by Gasteiger charge is -2.03. The van der Waals surface area contributed by atoms with Crippen LogP contribution in [0, 0.1) is 24.0 Å². The van der Waals surface area contributed by atoms with Gasteiger partial charge in [0.25, 0.3) is 5.69 Å². The number of azo groups is 1. The first-order valence-electron chi connectivity index (χ1n) is 7.44. The van der Waals surface area contributed by atoms with Gasteiger partial charge in [0, 0.05) is 16.6 Å². The van der Waals surface area contributed by atoms with Gasteiger partial charge in [-0.2, -0.15) is 10.2 Å². The van der Waals surface area contributed by atoms with E-state index >= 15 is 0 Å². The summed E-state index contributed by atoms with van der Waals surface area (Å²) in [5.74, 6) is 0. The maximum Gasteiger partial charge on any atom is 0.271 e. The standard InChI is InChI=1S/C17H14BrN5O2/c1-11-17(20-19-14-8-6-13(18)7-9-14)12(2)22(21-11)15-4-3-5-16(10-15)23(24)25/h3-10H,1-2H3. The van der Waals surface area contributed by atoms with Gasteiger partial charge in [0.2, 0.25) is 0 Å². The number of hydrogen-bond acceptors (Lipinski definition) is 5. The van der Waals surface area contributed by atoms with Crippen LogP contribution in [0.15, 0.2) is 63.2 Å². The maximum atomic E-state index is 11.0. The SMILES string of the molecule is Cc1nn(-c2cccc([N+](=O)[O-])c2)c(C)c1N=Nc1ccc(Br)cc1. The zero-order valence-electron chi connectivity index (χ0n) is 13.5. The average Bonchev–Trinajstić information content (AvgIpc) is 2.89. The zero-order valence-corrected chi connectivity index (χ0v) is 15.1. The Morgan fingerprint density at radius 1 is 1.12 bits per heavy atom. The number of nitro groups is 1. The van der Waals surface area contributed by atoms with Crippen molar-refractivity contribution < 1.29 is 4.92 Å². The highest BCUT2D eigenvalue weighted by Gasteiger charge is 2.14. The minimum atomic E-state index is -0.427. The van der Waals surface area contributed by atoms with Gasteiger partial charge < -0.3 is 0 Å². The third-order valence-corrected chi connectivity index (χ3v) is 4.16. The number of benzene rings is 2. The lowest BCUT2D eigenvalue weighted by Crippen LogP contribution is -1.99. The van der Waals surface area contributed by atoms with Crippen LogP contribution in [-0.2, 0) is 0 Å². The molecule has 0 saturated heterocycles. The minimum absolute atomic E-state index is 0.0168. The average molecular weight is 400 g/mol. The minimum Gasteiger partial charge on any atom is -0.258 e. The van der Waals surface area contributed by atoms with Crippen LogP contribution in [0.4, 0.5) is 17.1 Å². The van der Waals surface area contributed by atoms with E-state index in [1.165, 1.54) is 12.1 Å². The fourth-order valence-electron chi connectivity index (χ4n) is 2.38. The second kappa shape index (κ2) is 6.94. The van der Waals surface area contributed by atoms with E-state index in [1.807, 2.05) is 38.1 Å². The predicted octanol–water partition coefficient (Wildman–Crippen LogP) is 5.58. The van der Waals surface area contributed by atoms with E-state index in [0.29, 0.717) is 17.1 Å². The van der Waals surface area contributed by atoms with Crippen molar-refractivity contribution in [1.29, 1.82) is 0 Å². The van der Waals surface area contributed by atoms with Crippen LogP contribution in [0.1, 0.15) is 11.4 Å². The monoisotopic (exact) mass is 399 g/mol. The predicted molar refractivity (Wildman–Crippen MR) is 98.0 cm³/mol. The summed E-state index contributed by atoms with van der Waals surface area (Å²) in [4.78, 5) is 10.5. The molecule has 1 heterocycles. The van der Waals surface area contributed by atoms with E-state index in [0.717, 1.165) is 15.9 Å². The molecule has 0 atom stereocenters. The normalized spacial score (nSPS) is 11.2. The number of aryl methyl sites for hydroxylation is 1. The molecule has 7 nitrogen and oxygen atoms in total. The van der Waals surface area contributed by atoms with Crippen LogP contribution in [0.3, 0.4) is 0 Å². The Morgan fingerprint density at radius 2 is 1.84 bits per heavy atom. The molecule has 0 aliphatic rings. The molecule has 0 amide bonds. The number of nitro benzene ring substituents is 1. The van der Waals surface area contributed by atoms with Crippen LogP contribution in [0.25, 0.3) is 5.69 Å². The molecule has 0 unspecified atom stereocenters. The van der Waals surface area contributed by atoms with Gasteiger partial charge in [-0.05, 0) is 44.2 Å². The Hall–Kier alpha value is -2.87. The molecular weight excluding hydrogens is 386 g/mol. The first kappa shape index (κ1) is 17.0. The highest BCUT2D eigenvalue weighted by atomic mass is 79.9. The highest BCUT2D eigenvalue weighted by molar-refractivity contribution is 9.10. The first-order valence-corrected chi connectivity index (χ1v) is 8.23. The Labute approximate surface area is 152 Å². The third-order valence-electron chi connectivity index (χ3n) is 3.63. The van der Waals surface area contributed by atoms with Gasteiger partial charge in [0.05, 0.1) is 27.7 Å². The summed E-state index contributed by atoms with van der Waals surface area (Å²) in [6.45, 7) is 3.69. The fraction of sp³-hybridized carbons (Fsp3) is 0.118. The van der Waals surface area contributed by atoms with Gasteiger partial charge in [-0.3, -0.25) is 10.1 Å². The molecule has 0 N–H and O–H groups in total. The molecular formula is C17H14BrN5O2. The molecule has 0 aliphatic heterocycles. The molecule has 126 valence electrons. The van der Waals surface area contributed by atoms with E-state index in [9.17, 15) is 10.1 Å². The van der Waals surface area contributed by atoms with Gasteiger partial charge in [0.1, 0.15) is 5.69 Å². The van der Waals surface area contributed by atoms with E-state index in [1.54, 1.807) is 16.8 Å². The summed E-state index contributed by atoms with van der Waals surface area (Å²) in [6.07, 6.45) is 0. The number of halogens is 1. The second-order valence-corrected chi connectivity index (χ2v) is 6.30. The Morgan fingerprint density at radius 3 is 2.52 bits per heavy atom. The van der Waals surface area contributed by atoms with Gasteiger partial charge in [-0.15, -0.1) is 5.11 Å². The molecule has 2 aromatic carbocycles.